The Morgan fingerprint density at radius 1 is 0.917 bits per heavy atom. The zero-order chi connectivity index (χ0) is 24.9. The van der Waals surface area contributed by atoms with Gasteiger partial charge in [-0.3, -0.25) is 9.69 Å². The minimum atomic E-state index is -0.571. The number of piperazine rings is 1. The van der Waals surface area contributed by atoms with E-state index in [2.05, 4.69) is 39.4 Å². The predicted molar refractivity (Wildman–Crippen MR) is 139 cm³/mol. The highest BCUT2D eigenvalue weighted by atomic mass is 19.1. The molecule has 2 N–H and O–H groups in total. The van der Waals surface area contributed by atoms with Gasteiger partial charge < -0.3 is 20.1 Å². The molecule has 3 aromatic rings. The molecular formula is C29H32FN3O3. The molecule has 1 amide bonds. The van der Waals surface area contributed by atoms with Gasteiger partial charge in [0.15, 0.2) is 0 Å². The Bertz CT molecular complexity index is 1180. The smallest absolute Gasteiger partial charge is 0.224 e. The van der Waals surface area contributed by atoms with Gasteiger partial charge in [0.05, 0.1) is 0 Å². The largest absolute Gasteiger partial charge is 0.491 e. The van der Waals surface area contributed by atoms with Crippen molar-refractivity contribution in [2.75, 3.05) is 49.5 Å². The third-order valence-electron chi connectivity index (χ3n) is 6.88. The number of nitrogens with one attached hydrogen (secondary N) is 1. The standard InChI is InChI=1S/C29H32FN3O3/c30-24-6-1-21(2-7-24)17-22-3-8-25(9-4-22)33-15-13-32(14-16-33)19-26(34)20-36-27-10-11-28-23(18-27)5-12-29(35)31-28/h1-4,6-11,18,26,34H,5,12-17,19-20H2,(H,31,35). The van der Waals surface area contributed by atoms with E-state index < -0.39 is 6.10 Å². The summed E-state index contributed by atoms with van der Waals surface area (Å²) in [7, 11) is 0. The molecule has 188 valence electrons. The number of ether oxygens (including phenoxy) is 1. The summed E-state index contributed by atoms with van der Waals surface area (Å²) in [6, 6.07) is 20.9. The Kier molecular flexibility index (Phi) is 7.49. The summed E-state index contributed by atoms with van der Waals surface area (Å²) in [5.74, 6) is 0.558. The minimum Gasteiger partial charge on any atom is -0.491 e. The van der Waals surface area contributed by atoms with Crippen molar-refractivity contribution >= 4 is 17.3 Å². The molecule has 1 atom stereocenters. The van der Waals surface area contributed by atoms with Crippen LogP contribution in [-0.2, 0) is 17.6 Å². The maximum Gasteiger partial charge on any atom is 0.224 e. The number of β-amino-alcohol motifs (C(OH)–C–C–N with tert-alkyl or cyclic N) is 1. The Labute approximate surface area is 211 Å². The molecule has 5 rings (SSSR count). The third kappa shape index (κ3) is 6.22. The zero-order valence-corrected chi connectivity index (χ0v) is 20.3. The summed E-state index contributed by atoms with van der Waals surface area (Å²) < 4.78 is 18.9. The van der Waals surface area contributed by atoms with Crippen LogP contribution in [0.25, 0.3) is 0 Å². The molecule has 0 aliphatic carbocycles. The van der Waals surface area contributed by atoms with E-state index in [9.17, 15) is 14.3 Å². The van der Waals surface area contributed by atoms with E-state index in [4.69, 9.17) is 4.74 Å². The number of halogens is 1. The van der Waals surface area contributed by atoms with Gasteiger partial charge in [0, 0.05) is 50.5 Å². The van der Waals surface area contributed by atoms with Gasteiger partial charge in [-0.1, -0.05) is 24.3 Å². The average molecular weight is 490 g/mol. The first kappa shape index (κ1) is 24.3. The molecule has 2 aliphatic rings. The van der Waals surface area contributed by atoms with Crippen molar-refractivity contribution in [1.29, 1.82) is 0 Å². The monoisotopic (exact) mass is 489 g/mol. The molecule has 0 radical (unpaired) electrons. The molecule has 6 nitrogen and oxygen atoms in total. The Balaban J connectivity index is 1.05. The molecule has 7 heteroatoms. The number of hydrogen-bond donors (Lipinski definition) is 2. The van der Waals surface area contributed by atoms with Crippen molar-refractivity contribution in [3.63, 3.8) is 0 Å². The number of aliphatic hydroxyl groups excluding tert-OH is 1. The van der Waals surface area contributed by atoms with Crippen molar-refractivity contribution in [3.05, 3.63) is 89.2 Å². The zero-order valence-electron chi connectivity index (χ0n) is 20.3. The van der Waals surface area contributed by atoms with E-state index in [0.717, 1.165) is 55.2 Å². The normalized spacial score (nSPS) is 16.8. The van der Waals surface area contributed by atoms with Crippen LogP contribution in [0, 0.1) is 5.82 Å². The van der Waals surface area contributed by atoms with Crippen LogP contribution in [0.1, 0.15) is 23.1 Å². The van der Waals surface area contributed by atoms with Crippen molar-refractivity contribution in [1.82, 2.24) is 4.90 Å². The topological polar surface area (TPSA) is 65.0 Å². The summed E-state index contributed by atoms with van der Waals surface area (Å²) in [6.07, 6.45) is 1.42. The van der Waals surface area contributed by atoms with Crippen LogP contribution in [0.2, 0.25) is 0 Å². The molecule has 1 unspecified atom stereocenters. The minimum absolute atomic E-state index is 0.0468. The molecule has 3 aromatic carbocycles. The van der Waals surface area contributed by atoms with E-state index >= 15 is 0 Å². The first-order valence-corrected chi connectivity index (χ1v) is 12.6. The second-order valence-electron chi connectivity index (χ2n) is 9.59. The van der Waals surface area contributed by atoms with Crippen LogP contribution in [0.4, 0.5) is 15.8 Å². The van der Waals surface area contributed by atoms with Crippen molar-refractivity contribution in [2.24, 2.45) is 0 Å². The molecule has 0 bridgehead atoms. The van der Waals surface area contributed by atoms with Crippen LogP contribution in [0.5, 0.6) is 5.75 Å². The summed E-state index contributed by atoms with van der Waals surface area (Å²) in [5, 5.41) is 13.4. The predicted octanol–water partition coefficient (Wildman–Crippen LogP) is 3.86. The molecular weight excluding hydrogens is 457 g/mol. The quantitative estimate of drug-likeness (QED) is 0.503. The summed E-state index contributed by atoms with van der Waals surface area (Å²) >= 11 is 0. The van der Waals surface area contributed by atoms with Gasteiger partial charge in [-0.05, 0) is 72.0 Å². The van der Waals surface area contributed by atoms with Crippen LogP contribution in [-0.4, -0.2) is 61.3 Å². The fourth-order valence-electron chi connectivity index (χ4n) is 4.84. The van der Waals surface area contributed by atoms with Gasteiger partial charge in [-0.15, -0.1) is 0 Å². The Morgan fingerprint density at radius 2 is 1.61 bits per heavy atom. The number of aryl methyl sites for hydroxylation is 1. The number of rotatable bonds is 8. The Morgan fingerprint density at radius 3 is 2.33 bits per heavy atom. The lowest BCUT2D eigenvalue weighted by Gasteiger charge is -2.37. The van der Waals surface area contributed by atoms with Gasteiger partial charge in [-0.2, -0.15) is 0 Å². The number of amides is 1. The number of carbonyl (C=O) groups excluding carboxylic acids is 1. The van der Waals surface area contributed by atoms with Crippen LogP contribution in [0.3, 0.4) is 0 Å². The fourth-order valence-corrected chi connectivity index (χ4v) is 4.84. The van der Waals surface area contributed by atoms with Crippen LogP contribution in [0.15, 0.2) is 66.7 Å². The van der Waals surface area contributed by atoms with Crippen molar-refractivity contribution < 1.29 is 19.0 Å². The molecule has 36 heavy (non-hydrogen) atoms. The number of benzene rings is 3. The van der Waals surface area contributed by atoms with Crippen molar-refractivity contribution in [3.8, 4) is 5.75 Å². The molecule has 1 saturated heterocycles. The van der Waals surface area contributed by atoms with E-state index in [-0.39, 0.29) is 18.3 Å². The van der Waals surface area contributed by atoms with Gasteiger partial charge in [0.1, 0.15) is 24.3 Å². The lowest BCUT2D eigenvalue weighted by atomic mass is 10.0. The first-order chi connectivity index (χ1) is 17.5. The first-order valence-electron chi connectivity index (χ1n) is 12.6. The fraction of sp³-hybridized carbons (Fsp3) is 0.345. The highest BCUT2D eigenvalue weighted by molar-refractivity contribution is 5.94. The molecule has 1 fully saturated rings. The molecule has 0 aromatic heterocycles. The number of nitrogens with zero attached hydrogens (tertiary/aromatic N) is 2. The summed E-state index contributed by atoms with van der Waals surface area (Å²) in [5.41, 5.74) is 5.42. The SMILES string of the molecule is O=C1CCc2cc(OCC(O)CN3CCN(c4ccc(Cc5ccc(F)cc5)cc4)CC3)ccc2N1. The molecule has 0 spiro atoms. The molecule has 2 aliphatic heterocycles. The van der Waals surface area contributed by atoms with Gasteiger partial charge in [0.2, 0.25) is 5.91 Å². The van der Waals surface area contributed by atoms with E-state index in [1.54, 1.807) is 0 Å². The Hall–Kier alpha value is -3.42. The maximum absolute atomic E-state index is 13.1. The lowest BCUT2D eigenvalue weighted by Crippen LogP contribution is -2.49. The second kappa shape index (κ2) is 11.1. The van der Waals surface area contributed by atoms with Gasteiger partial charge in [0.25, 0.3) is 0 Å². The molecule has 2 heterocycles. The van der Waals surface area contributed by atoms with Gasteiger partial charge >= 0.3 is 0 Å². The van der Waals surface area contributed by atoms with Gasteiger partial charge in [-0.25, -0.2) is 4.39 Å². The van der Waals surface area contributed by atoms with Crippen LogP contribution < -0.4 is 15.0 Å². The van der Waals surface area contributed by atoms with Crippen LogP contribution >= 0.6 is 0 Å². The highest BCUT2D eigenvalue weighted by Crippen LogP contribution is 2.27. The molecule has 0 saturated carbocycles. The number of aliphatic hydroxyl groups is 1. The van der Waals surface area contributed by atoms with E-state index in [1.807, 2.05) is 30.3 Å². The van der Waals surface area contributed by atoms with Crippen molar-refractivity contribution in [2.45, 2.75) is 25.4 Å². The van der Waals surface area contributed by atoms with E-state index in [1.165, 1.54) is 23.4 Å². The summed E-state index contributed by atoms with van der Waals surface area (Å²) in [6.45, 7) is 4.38. The number of carbonyl (C=O) groups is 1. The summed E-state index contributed by atoms with van der Waals surface area (Å²) in [4.78, 5) is 16.1. The number of fused-ring (bicyclic) bond motifs is 1. The average Bonchev–Trinajstić information content (AvgIpc) is 2.90. The highest BCUT2D eigenvalue weighted by Gasteiger charge is 2.20. The number of hydrogen-bond acceptors (Lipinski definition) is 5. The lowest BCUT2D eigenvalue weighted by molar-refractivity contribution is -0.116. The third-order valence-corrected chi connectivity index (χ3v) is 6.88. The number of anilines is 2. The van der Waals surface area contributed by atoms with E-state index in [0.29, 0.717) is 19.4 Å². The second-order valence-corrected chi connectivity index (χ2v) is 9.59. The maximum atomic E-state index is 13.1.